The van der Waals surface area contributed by atoms with E-state index < -0.39 is 0 Å². The molecule has 1 aliphatic heterocycles. The van der Waals surface area contributed by atoms with Crippen molar-refractivity contribution in [3.05, 3.63) is 29.8 Å². The number of ether oxygens (including phenoxy) is 1. The van der Waals surface area contributed by atoms with Crippen LogP contribution in [-0.2, 0) is 4.74 Å². The number of carbonyl (C=O) groups is 1. The number of anilines is 1. The average Bonchev–Trinajstić information content (AvgIpc) is 2.40. The largest absolute Gasteiger partial charge is 0.383 e. The number of nitrogens with zero attached hydrogens (tertiary/aromatic N) is 1. The van der Waals surface area contributed by atoms with Crippen LogP contribution in [-0.4, -0.2) is 32.6 Å². The number of piperidine rings is 1. The van der Waals surface area contributed by atoms with Crippen molar-refractivity contribution in [3.8, 4) is 0 Å². The maximum Gasteiger partial charge on any atom is 0.152 e. The summed E-state index contributed by atoms with van der Waals surface area (Å²) in [5.41, 5.74) is 1.82. The fraction of sp³-hybridized carbons (Fsp3) is 0.500. The van der Waals surface area contributed by atoms with E-state index in [2.05, 4.69) is 4.90 Å². The van der Waals surface area contributed by atoms with Crippen molar-refractivity contribution in [2.75, 3.05) is 25.2 Å². The summed E-state index contributed by atoms with van der Waals surface area (Å²) in [5, 5.41) is 0. The molecule has 92 valence electrons. The van der Waals surface area contributed by atoms with Crippen LogP contribution in [0, 0.1) is 0 Å². The molecule has 1 aromatic rings. The van der Waals surface area contributed by atoms with E-state index >= 15 is 0 Å². The third-order valence-corrected chi connectivity index (χ3v) is 3.36. The summed E-state index contributed by atoms with van der Waals surface area (Å²) in [5.74, 6) is 0. The molecule has 0 aromatic heterocycles. The first-order valence-corrected chi connectivity index (χ1v) is 6.16. The summed E-state index contributed by atoms with van der Waals surface area (Å²) < 4.78 is 5.28. The molecule has 0 amide bonds. The molecule has 3 nitrogen and oxygen atoms in total. The third-order valence-electron chi connectivity index (χ3n) is 3.36. The molecule has 1 atom stereocenters. The molecule has 0 N–H and O–H groups in total. The second-order valence-electron chi connectivity index (χ2n) is 4.48. The number of rotatable bonds is 4. The summed E-state index contributed by atoms with van der Waals surface area (Å²) in [6.07, 6.45) is 4.51. The van der Waals surface area contributed by atoms with Crippen molar-refractivity contribution < 1.29 is 9.53 Å². The highest BCUT2D eigenvalue weighted by molar-refractivity contribution is 5.84. The monoisotopic (exact) mass is 233 g/mol. The number of para-hydroxylation sites is 1. The van der Waals surface area contributed by atoms with Crippen molar-refractivity contribution >= 4 is 12.0 Å². The van der Waals surface area contributed by atoms with Crippen molar-refractivity contribution in [1.82, 2.24) is 0 Å². The molecular weight excluding hydrogens is 214 g/mol. The quantitative estimate of drug-likeness (QED) is 0.748. The summed E-state index contributed by atoms with van der Waals surface area (Å²) >= 11 is 0. The molecule has 1 fully saturated rings. The maximum atomic E-state index is 11.1. The van der Waals surface area contributed by atoms with Gasteiger partial charge in [0.05, 0.1) is 12.6 Å². The lowest BCUT2D eigenvalue weighted by Crippen LogP contribution is -2.42. The lowest BCUT2D eigenvalue weighted by atomic mass is 10.0. The Bertz CT molecular complexity index is 376. The minimum atomic E-state index is 0.398. The Hall–Kier alpha value is -1.35. The minimum Gasteiger partial charge on any atom is -0.383 e. The van der Waals surface area contributed by atoms with Gasteiger partial charge in [-0.15, -0.1) is 0 Å². The van der Waals surface area contributed by atoms with E-state index in [-0.39, 0.29) is 0 Å². The molecule has 0 saturated carbocycles. The molecule has 0 radical (unpaired) electrons. The first-order valence-electron chi connectivity index (χ1n) is 6.16. The van der Waals surface area contributed by atoms with Gasteiger partial charge >= 0.3 is 0 Å². The first-order chi connectivity index (χ1) is 8.36. The van der Waals surface area contributed by atoms with Gasteiger partial charge in [0.2, 0.25) is 0 Å². The number of hydrogen-bond donors (Lipinski definition) is 0. The van der Waals surface area contributed by atoms with Gasteiger partial charge in [0.1, 0.15) is 0 Å². The fourth-order valence-corrected chi connectivity index (χ4v) is 2.53. The van der Waals surface area contributed by atoms with Gasteiger partial charge in [0.15, 0.2) is 6.29 Å². The molecule has 1 saturated heterocycles. The molecule has 0 aliphatic carbocycles. The van der Waals surface area contributed by atoms with Crippen LogP contribution in [0.5, 0.6) is 0 Å². The van der Waals surface area contributed by atoms with Crippen LogP contribution in [0.1, 0.15) is 29.6 Å². The highest BCUT2D eigenvalue weighted by Gasteiger charge is 2.23. The van der Waals surface area contributed by atoms with Gasteiger partial charge in [0, 0.05) is 24.9 Å². The standard InChI is InChI=1S/C14H19NO2/c1-17-11-13-7-4-5-9-15(13)14-8-3-2-6-12(14)10-16/h2-3,6,8,10,13H,4-5,7,9,11H2,1H3. The Kier molecular flexibility index (Phi) is 4.15. The van der Waals surface area contributed by atoms with Crippen molar-refractivity contribution in [2.24, 2.45) is 0 Å². The number of methoxy groups -OCH3 is 1. The average molecular weight is 233 g/mol. The predicted molar refractivity (Wildman–Crippen MR) is 68.7 cm³/mol. The van der Waals surface area contributed by atoms with Gasteiger partial charge in [-0.2, -0.15) is 0 Å². The molecular formula is C14H19NO2. The highest BCUT2D eigenvalue weighted by Crippen LogP contribution is 2.27. The van der Waals surface area contributed by atoms with Gasteiger partial charge in [-0.25, -0.2) is 0 Å². The number of carbonyl (C=O) groups excluding carboxylic acids is 1. The Balaban J connectivity index is 2.25. The summed E-state index contributed by atoms with van der Waals surface area (Å²) in [7, 11) is 1.73. The van der Waals surface area contributed by atoms with Crippen LogP contribution in [0.3, 0.4) is 0 Å². The Morgan fingerprint density at radius 2 is 2.24 bits per heavy atom. The molecule has 17 heavy (non-hydrogen) atoms. The van der Waals surface area contributed by atoms with Gasteiger partial charge in [0.25, 0.3) is 0 Å². The normalized spacial score (nSPS) is 20.3. The zero-order chi connectivity index (χ0) is 12.1. The molecule has 0 bridgehead atoms. The topological polar surface area (TPSA) is 29.5 Å². The van der Waals surface area contributed by atoms with Crippen LogP contribution in [0.25, 0.3) is 0 Å². The van der Waals surface area contributed by atoms with E-state index in [1.807, 2.05) is 24.3 Å². The van der Waals surface area contributed by atoms with Crippen LogP contribution in [0.15, 0.2) is 24.3 Å². The smallest absolute Gasteiger partial charge is 0.152 e. The van der Waals surface area contributed by atoms with Crippen LogP contribution in [0.2, 0.25) is 0 Å². The molecule has 3 heteroatoms. The molecule has 2 rings (SSSR count). The van der Waals surface area contributed by atoms with Gasteiger partial charge in [-0.3, -0.25) is 4.79 Å². The van der Waals surface area contributed by atoms with Gasteiger partial charge in [-0.05, 0) is 31.4 Å². The second kappa shape index (κ2) is 5.82. The van der Waals surface area contributed by atoms with E-state index in [9.17, 15) is 4.79 Å². The van der Waals surface area contributed by atoms with E-state index in [4.69, 9.17) is 4.74 Å². The zero-order valence-corrected chi connectivity index (χ0v) is 10.3. The molecule has 1 aliphatic rings. The third kappa shape index (κ3) is 2.67. The van der Waals surface area contributed by atoms with E-state index in [0.29, 0.717) is 6.04 Å². The summed E-state index contributed by atoms with van der Waals surface area (Å²) in [6, 6.07) is 8.19. The van der Waals surface area contributed by atoms with Gasteiger partial charge in [-0.1, -0.05) is 12.1 Å². The lowest BCUT2D eigenvalue weighted by molar-refractivity contribution is 0.112. The van der Waals surface area contributed by atoms with Crippen LogP contribution < -0.4 is 4.90 Å². The minimum absolute atomic E-state index is 0.398. The Labute approximate surface area is 102 Å². The predicted octanol–water partition coefficient (Wildman–Crippen LogP) is 2.50. The van der Waals surface area contributed by atoms with Crippen LogP contribution >= 0.6 is 0 Å². The van der Waals surface area contributed by atoms with Gasteiger partial charge < -0.3 is 9.64 Å². The fourth-order valence-electron chi connectivity index (χ4n) is 2.53. The highest BCUT2D eigenvalue weighted by atomic mass is 16.5. The first kappa shape index (κ1) is 12.1. The molecule has 1 unspecified atom stereocenters. The lowest BCUT2D eigenvalue weighted by Gasteiger charge is -2.37. The molecule has 1 aromatic carbocycles. The van der Waals surface area contributed by atoms with Crippen molar-refractivity contribution in [1.29, 1.82) is 0 Å². The second-order valence-corrected chi connectivity index (χ2v) is 4.48. The number of aldehydes is 1. The van der Waals surface area contributed by atoms with Crippen molar-refractivity contribution in [3.63, 3.8) is 0 Å². The van der Waals surface area contributed by atoms with E-state index in [1.165, 1.54) is 12.8 Å². The maximum absolute atomic E-state index is 11.1. The summed E-state index contributed by atoms with van der Waals surface area (Å²) in [6.45, 7) is 1.74. The van der Waals surface area contributed by atoms with Crippen molar-refractivity contribution in [2.45, 2.75) is 25.3 Å². The zero-order valence-electron chi connectivity index (χ0n) is 10.3. The molecule has 0 spiro atoms. The SMILES string of the molecule is COCC1CCCCN1c1ccccc1C=O. The van der Waals surface area contributed by atoms with Crippen LogP contribution in [0.4, 0.5) is 5.69 Å². The van der Waals surface area contributed by atoms with E-state index in [0.717, 1.165) is 37.1 Å². The summed E-state index contributed by atoms with van der Waals surface area (Å²) in [4.78, 5) is 13.4. The number of hydrogen-bond acceptors (Lipinski definition) is 3. The number of benzene rings is 1. The Morgan fingerprint density at radius 1 is 1.41 bits per heavy atom. The molecule has 1 heterocycles. The Morgan fingerprint density at radius 3 is 3.00 bits per heavy atom. The van der Waals surface area contributed by atoms with E-state index in [1.54, 1.807) is 7.11 Å².